The monoisotopic (exact) mass is 392 g/mol. The third kappa shape index (κ3) is 3.47. The van der Waals surface area contributed by atoms with Gasteiger partial charge in [-0.1, -0.05) is 30.0 Å². The van der Waals surface area contributed by atoms with E-state index in [1.54, 1.807) is 14.0 Å². The molecule has 1 aromatic rings. The molecule has 1 saturated heterocycles. The number of aliphatic hydroxyl groups excluding tert-OH is 1. The number of carbonyl (C=O) groups excluding carboxylic acids is 2. The first kappa shape index (κ1) is 20.7. The number of nitrogens with zero attached hydrogens (tertiary/aromatic N) is 3. The summed E-state index contributed by atoms with van der Waals surface area (Å²) in [6, 6.07) is -0.316. The summed E-state index contributed by atoms with van der Waals surface area (Å²) in [5.41, 5.74) is 0.586. The number of aromatic nitrogens is 2. The minimum Gasteiger partial charge on any atom is -0.543 e. The van der Waals surface area contributed by atoms with Gasteiger partial charge < -0.3 is 25.2 Å². The maximum Gasteiger partial charge on any atom is 1.00 e. The Balaban J connectivity index is 0.00000225. The molecule has 0 aromatic carbocycles. The summed E-state index contributed by atoms with van der Waals surface area (Å²) >= 11 is 2.75. The predicted octanol–water partition coefficient (Wildman–Crippen LogP) is -3.46. The molecule has 0 saturated carbocycles. The van der Waals surface area contributed by atoms with Gasteiger partial charge in [-0.2, -0.15) is 0 Å². The number of amides is 1. The molecule has 1 fully saturated rings. The van der Waals surface area contributed by atoms with Crippen molar-refractivity contribution in [3.8, 4) is 0 Å². The third-order valence-electron chi connectivity index (χ3n) is 4.48. The van der Waals surface area contributed by atoms with Crippen LogP contribution in [0, 0.1) is 11.8 Å². The molecule has 3 rings (SSSR count). The van der Waals surface area contributed by atoms with Gasteiger partial charge in [0, 0.05) is 18.7 Å². The number of nitrogens with one attached hydrogen (secondary N) is 1. The topological polar surface area (TPSA) is 118 Å². The molecule has 0 spiro atoms. The average Bonchev–Trinajstić information content (AvgIpc) is 3.06. The molecule has 11 heteroatoms. The zero-order valence-corrected chi connectivity index (χ0v) is 18.0. The van der Waals surface area contributed by atoms with E-state index in [2.05, 4.69) is 15.5 Å². The van der Waals surface area contributed by atoms with Crippen LogP contribution < -0.4 is 40.0 Å². The van der Waals surface area contributed by atoms with Crippen LogP contribution in [0.4, 0.5) is 5.13 Å². The minimum atomic E-state index is -1.36. The largest absolute Gasteiger partial charge is 1.00 e. The van der Waals surface area contributed by atoms with E-state index in [1.165, 1.54) is 28.0 Å². The number of aliphatic carboxylic acids is 1. The number of rotatable bonds is 6. The Morgan fingerprint density at radius 3 is 2.72 bits per heavy atom. The van der Waals surface area contributed by atoms with Crippen LogP contribution >= 0.6 is 23.1 Å². The molecule has 130 valence electrons. The summed E-state index contributed by atoms with van der Waals surface area (Å²) < 4.78 is 0.712. The van der Waals surface area contributed by atoms with Gasteiger partial charge in [-0.3, -0.25) is 4.79 Å². The van der Waals surface area contributed by atoms with Gasteiger partial charge in [0.2, 0.25) is 11.0 Å². The van der Waals surface area contributed by atoms with Crippen LogP contribution in [0.1, 0.15) is 13.8 Å². The van der Waals surface area contributed by atoms with Crippen molar-refractivity contribution in [3.63, 3.8) is 0 Å². The van der Waals surface area contributed by atoms with E-state index in [0.717, 1.165) is 0 Å². The fraction of sp³-hybridized carbons (Fsp3) is 0.571. The fourth-order valence-electron chi connectivity index (χ4n) is 3.33. The van der Waals surface area contributed by atoms with Gasteiger partial charge in [0.05, 0.1) is 29.7 Å². The van der Waals surface area contributed by atoms with Crippen molar-refractivity contribution in [1.29, 1.82) is 0 Å². The number of carboxylic acid groups (broad SMARTS) is 1. The van der Waals surface area contributed by atoms with Crippen LogP contribution in [0.15, 0.2) is 15.6 Å². The third-order valence-corrected chi connectivity index (χ3v) is 6.60. The number of hydrogen-bond acceptors (Lipinski definition) is 9. The SMILES string of the molecule is CNc1nnc(SCC2=C(C(=O)[O-])N3C(=O)[C@H]([C@@H](C)O)[C@H]3[C@H]2C)s1.[Na+]. The Hall–Kier alpha value is -0.650. The van der Waals surface area contributed by atoms with E-state index < -0.39 is 18.0 Å². The van der Waals surface area contributed by atoms with Crippen LogP contribution in [-0.4, -0.2) is 57.0 Å². The van der Waals surface area contributed by atoms with Gasteiger partial charge in [0.1, 0.15) is 0 Å². The van der Waals surface area contributed by atoms with Gasteiger partial charge in [-0.25, -0.2) is 0 Å². The molecule has 25 heavy (non-hydrogen) atoms. The van der Waals surface area contributed by atoms with Gasteiger partial charge >= 0.3 is 29.6 Å². The summed E-state index contributed by atoms with van der Waals surface area (Å²) in [7, 11) is 1.75. The zero-order valence-electron chi connectivity index (χ0n) is 14.3. The van der Waals surface area contributed by atoms with Crippen LogP contribution in [0.25, 0.3) is 0 Å². The van der Waals surface area contributed by atoms with E-state index in [9.17, 15) is 19.8 Å². The average molecular weight is 392 g/mol. The maximum atomic E-state index is 12.2. The number of carboxylic acids is 1. The van der Waals surface area contributed by atoms with E-state index in [4.69, 9.17) is 0 Å². The first-order valence-electron chi connectivity index (χ1n) is 7.46. The van der Waals surface area contributed by atoms with E-state index in [-0.39, 0.29) is 53.1 Å². The minimum absolute atomic E-state index is 0. The number of β-lactam (4-membered cyclic amide) rings is 1. The molecule has 0 radical (unpaired) electrons. The standard InChI is InChI=1S/C14H18N4O4S2.Na/c1-5-7(4-23-14-17-16-13(15-3)24-14)10(12(21)22)18-9(5)8(6(2)19)11(18)20;/h5-6,8-9,19H,4H2,1-3H3,(H,15,16)(H,21,22);/q;+1/p-1/t5-,6+,8+,9+;/m0./s1. The van der Waals surface area contributed by atoms with Crippen molar-refractivity contribution in [2.24, 2.45) is 11.8 Å². The molecule has 2 N–H and O–H groups in total. The zero-order chi connectivity index (χ0) is 17.6. The first-order valence-corrected chi connectivity index (χ1v) is 9.26. The number of anilines is 1. The van der Waals surface area contributed by atoms with E-state index >= 15 is 0 Å². The molecule has 2 aliphatic heterocycles. The van der Waals surface area contributed by atoms with Crippen molar-refractivity contribution in [1.82, 2.24) is 15.1 Å². The van der Waals surface area contributed by atoms with Crippen molar-refractivity contribution >= 4 is 40.1 Å². The molecule has 2 aliphatic rings. The summed E-state index contributed by atoms with van der Waals surface area (Å²) in [5, 5.41) is 32.9. The first-order chi connectivity index (χ1) is 11.4. The Bertz CT molecular complexity index is 723. The van der Waals surface area contributed by atoms with Gasteiger partial charge in [-0.05, 0) is 12.5 Å². The normalized spacial score (nSPS) is 26.0. The van der Waals surface area contributed by atoms with E-state index in [1.807, 2.05) is 6.92 Å². The maximum absolute atomic E-state index is 12.2. The van der Waals surface area contributed by atoms with Gasteiger partial charge in [0.25, 0.3) is 0 Å². The molecule has 1 amide bonds. The van der Waals surface area contributed by atoms with Crippen LogP contribution in [-0.2, 0) is 9.59 Å². The van der Waals surface area contributed by atoms with Crippen molar-refractivity contribution < 1.29 is 49.4 Å². The number of thioether (sulfide) groups is 1. The second-order valence-corrected chi connectivity index (χ2v) is 8.03. The molecular formula is C14H17N4NaO4S2. The van der Waals surface area contributed by atoms with Crippen LogP contribution in [0.5, 0.6) is 0 Å². The van der Waals surface area contributed by atoms with Gasteiger partial charge in [0.15, 0.2) is 4.34 Å². The number of hydrogen-bond donors (Lipinski definition) is 2. The van der Waals surface area contributed by atoms with Crippen molar-refractivity contribution in [2.45, 2.75) is 30.3 Å². The number of aliphatic hydroxyl groups is 1. The molecule has 1 aromatic heterocycles. The van der Waals surface area contributed by atoms with E-state index in [0.29, 0.717) is 20.8 Å². The summed E-state index contributed by atoms with van der Waals surface area (Å²) in [6.07, 6.45) is -0.808. The molecule has 0 unspecified atom stereocenters. The van der Waals surface area contributed by atoms with Gasteiger partial charge in [-0.15, -0.1) is 10.2 Å². The number of fused-ring (bicyclic) bond motifs is 1. The summed E-state index contributed by atoms with van der Waals surface area (Å²) in [4.78, 5) is 25.0. The smallest absolute Gasteiger partial charge is 0.543 e. The predicted molar refractivity (Wildman–Crippen MR) is 87.2 cm³/mol. The van der Waals surface area contributed by atoms with Crippen molar-refractivity contribution in [3.05, 3.63) is 11.3 Å². The summed E-state index contributed by atoms with van der Waals surface area (Å²) in [6.45, 7) is 3.43. The second kappa shape index (κ2) is 7.93. The molecule has 3 heterocycles. The van der Waals surface area contributed by atoms with Crippen molar-refractivity contribution in [2.75, 3.05) is 18.1 Å². The Morgan fingerprint density at radius 1 is 1.52 bits per heavy atom. The quantitative estimate of drug-likeness (QED) is 0.291. The molecule has 0 bridgehead atoms. The number of carbonyl (C=O) groups is 2. The molecular weight excluding hydrogens is 375 g/mol. The van der Waals surface area contributed by atoms with Crippen LogP contribution in [0.3, 0.4) is 0 Å². The Kier molecular flexibility index (Phi) is 6.55. The molecule has 4 atom stereocenters. The molecule has 8 nitrogen and oxygen atoms in total. The Morgan fingerprint density at radius 2 is 2.20 bits per heavy atom. The second-order valence-electron chi connectivity index (χ2n) is 5.83. The fourth-order valence-corrected chi connectivity index (χ4v) is 5.19. The Labute approximate surface area is 175 Å². The molecule has 0 aliphatic carbocycles. The van der Waals surface area contributed by atoms with Crippen LogP contribution in [0.2, 0.25) is 0 Å². The summed E-state index contributed by atoms with van der Waals surface area (Å²) in [5.74, 6) is -2.04.